The van der Waals surface area contributed by atoms with Gasteiger partial charge in [-0.25, -0.2) is 0 Å². The van der Waals surface area contributed by atoms with E-state index < -0.39 is 41.5 Å². The average molecular weight is 1160 g/mol. The molecule has 0 aliphatic carbocycles. The van der Waals surface area contributed by atoms with Crippen LogP contribution in [0.2, 0.25) is 0 Å². The van der Waals surface area contributed by atoms with Gasteiger partial charge in [0, 0.05) is 80.4 Å². The molecule has 0 radical (unpaired) electrons. The fourth-order valence-electron chi connectivity index (χ4n) is 6.25. The van der Waals surface area contributed by atoms with Crippen molar-refractivity contribution >= 4 is 65.6 Å². The van der Waals surface area contributed by atoms with Crippen LogP contribution in [0.4, 0.5) is 0 Å². The summed E-state index contributed by atoms with van der Waals surface area (Å²) < 4.78 is 68.8. The molecule has 18 heteroatoms. The summed E-state index contributed by atoms with van der Waals surface area (Å²) in [4.78, 5) is 48.5. The van der Waals surface area contributed by atoms with Gasteiger partial charge >= 0.3 is 5.97 Å². The van der Waals surface area contributed by atoms with Gasteiger partial charge in [0.05, 0.1) is 34.7 Å². The topological polar surface area (TPSA) is 188 Å². The van der Waals surface area contributed by atoms with Gasteiger partial charge < -0.3 is 9.64 Å². The maximum absolute atomic E-state index is 11.5. The van der Waals surface area contributed by atoms with Crippen molar-refractivity contribution in [2.45, 2.75) is 317 Å². The van der Waals surface area contributed by atoms with E-state index in [1.165, 1.54) is 18.2 Å². The minimum atomic E-state index is -3.30. The monoisotopic (exact) mass is 1150 g/mol. The third-order valence-electron chi connectivity index (χ3n) is 9.69. The van der Waals surface area contributed by atoms with E-state index in [0.717, 1.165) is 0 Å². The molecule has 0 saturated carbocycles. The number of ether oxygens (including phenoxy) is 1. The van der Waals surface area contributed by atoms with Crippen LogP contribution in [0.15, 0.2) is 0 Å². The highest BCUT2D eigenvalue weighted by atomic mass is 32.2. The molecule has 1 amide bonds. The van der Waals surface area contributed by atoms with Crippen molar-refractivity contribution in [3.05, 3.63) is 0 Å². The Balaban J connectivity index is -0.000000141. The molecule has 1 rings (SSSR count). The highest BCUT2D eigenvalue weighted by Gasteiger charge is 2.36. The number of hydrogen-bond donors (Lipinski definition) is 0. The summed E-state index contributed by atoms with van der Waals surface area (Å²) in [7, 11) is -7.22. The van der Waals surface area contributed by atoms with E-state index >= 15 is 0 Å². The lowest BCUT2D eigenvalue weighted by Gasteiger charge is -2.46. The molecule has 2 atom stereocenters. The summed E-state index contributed by atoms with van der Waals surface area (Å²) >= 11 is 1.42. The number of likely N-dealkylation sites (tertiary alicyclic amines) is 1. The average Bonchev–Trinajstić information content (AvgIpc) is 3.19. The summed E-state index contributed by atoms with van der Waals surface area (Å²) in [5.41, 5.74) is 0. The number of thioether (sulfide) groups is 1. The SMILES string of the molecule is CC(C)C(=O)C(C)C.CC(C)C(=O)N1C(C)CC1C.CC(C)N(C(C)C)C(C)C.CC(C)OC(=O)C(C)C.CC(C)OS(=O)(=O)C(C)C.CC(C)OS(=O)(=O)C(C)C.CC(C)S(=O)C(C)C.CC(C)SC(=O)C(C)C. The molecule has 0 aromatic rings. The number of ketones is 1. The lowest BCUT2D eigenvalue weighted by molar-refractivity contribution is -0.151. The third-order valence-corrected chi connectivity index (χ3v) is 16.3. The molecular formula is C57H122N2O12S4. The second kappa shape index (κ2) is 45.3. The lowest BCUT2D eigenvalue weighted by atomic mass is 9.94. The predicted octanol–water partition coefficient (Wildman–Crippen LogP) is 13.8. The Morgan fingerprint density at radius 3 is 0.853 bits per heavy atom. The van der Waals surface area contributed by atoms with Crippen molar-refractivity contribution in [2.75, 3.05) is 0 Å². The Kier molecular flexibility index (Phi) is 52.8. The molecule has 1 aliphatic heterocycles. The molecular weight excluding hydrogens is 1030 g/mol. The van der Waals surface area contributed by atoms with E-state index in [4.69, 9.17) is 4.74 Å². The van der Waals surface area contributed by atoms with Crippen molar-refractivity contribution in [3.8, 4) is 0 Å². The van der Waals surface area contributed by atoms with Crippen molar-refractivity contribution in [3.63, 3.8) is 0 Å². The number of carbonyl (C=O) groups excluding carboxylic acids is 4. The van der Waals surface area contributed by atoms with Crippen LogP contribution in [0, 0.1) is 29.6 Å². The Labute approximate surface area is 472 Å². The van der Waals surface area contributed by atoms with Crippen LogP contribution in [-0.2, 0) is 63.3 Å². The van der Waals surface area contributed by atoms with E-state index in [1.807, 2.05) is 130 Å². The zero-order valence-electron chi connectivity index (χ0n) is 54.5. The largest absolute Gasteiger partial charge is 0.463 e. The molecule has 1 fully saturated rings. The van der Waals surface area contributed by atoms with Gasteiger partial charge in [0.2, 0.25) is 5.91 Å². The van der Waals surface area contributed by atoms with Crippen LogP contribution in [0.3, 0.4) is 0 Å². The second-order valence-electron chi connectivity index (χ2n) is 23.4. The molecule has 1 saturated heterocycles. The van der Waals surface area contributed by atoms with Gasteiger partial charge in [-0.05, 0) is 131 Å². The smallest absolute Gasteiger partial charge is 0.308 e. The summed E-state index contributed by atoms with van der Waals surface area (Å²) in [6, 6.07) is 2.94. The second-order valence-corrected chi connectivity index (χ2v) is 31.7. The standard InChI is InChI=1S/C9H17NO.C9H21N.C7H14O2.C7H14OS.C7H14O.2C6H14O3S.C6H14OS/c1-6(2)9(11)10-7(3)5-8(10)4;1-7(2)10(8(3)4)9(5)6;2*1-5(2)7(8)9-6(3)4;1-5(2)7(8)6(3)4;2*1-5(2)9-10(7,8)6(3)4;1-5(2)8(7)6(3)4/h6-8H,5H2,1-4H3;7-9H,1-6H3;2*5-6H,1-4H3;5-6H,1-4H3;2*5-6H,1-4H3;5-6H,1-4H3. The minimum absolute atomic E-state index is 0.00704. The van der Waals surface area contributed by atoms with Crippen LogP contribution in [0.5, 0.6) is 0 Å². The summed E-state index contributed by atoms with van der Waals surface area (Å²) in [5, 5.41) is 0.458. The summed E-state index contributed by atoms with van der Waals surface area (Å²) in [5.74, 6) is 1.27. The molecule has 1 heterocycles. The maximum atomic E-state index is 11.5. The molecule has 0 spiro atoms. The van der Waals surface area contributed by atoms with Gasteiger partial charge in [-0.15, -0.1) is 0 Å². The Hall–Kier alpha value is -1.44. The van der Waals surface area contributed by atoms with Crippen LogP contribution in [0.1, 0.15) is 242 Å². The number of rotatable bonds is 18. The summed E-state index contributed by atoms with van der Waals surface area (Å²) in [6.45, 7) is 65.7. The number of Topliss-reactive ketones (excluding diaryl/α,β-unsaturated/α-hetero) is 1. The number of esters is 1. The van der Waals surface area contributed by atoms with E-state index in [9.17, 15) is 40.2 Å². The molecule has 1 aliphatic rings. The first kappa shape index (κ1) is 87.4. The number of amides is 1. The fraction of sp³-hybridized carbons (Fsp3) is 0.930. The van der Waals surface area contributed by atoms with Gasteiger partial charge in [0.15, 0.2) is 5.12 Å². The van der Waals surface area contributed by atoms with E-state index in [2.05, 4.69) is 68.7 Å². The quantitative estimate of drug-likeness (QED) is 0.0931. The number of nitrogens with zero attached hydrogens (tertiary/aromatic N) is 2. The maximum Gasteiger partial charge on any atom is 0.308 e. The zero-order valence-corrected chi connectivity index (χ0v) is 57.8. The van der Waals surface area contributed by atoms with Crippen molar-refractivity contribution in [2.24, 2.45) is 29.6 Å². The summed E-state index contributed by atoms with van der Waals surface area (Å²) in [6.07, 6.45) is 0.665. The highest BCUT2D eigenvalue weighted by Crippen LogP contribution is 2.26. The number of hydrogen-bond acceptors (Lipinski definition) is 14. The first-order valence-electron chi connectivity index (χ1n) is 27.7. The number of carbonyl (C=O) groups is 4. The molecule has 0 aromatic heterocycles. The first-order valence-corrected chi connectivity index (χ1v) is 32.8. The normalized spacial score (nSPS) is 14.6. The van der Waals surface area contributed by atoms with Crippen molar-refractivity contribution in [1.29, 1.82) is 0 Å². The van der Waals surface area contributed by atoms with Gasteiger partial charge in [-0.1, -0.05) is 123 Å². The van der Waals surface area contributed by atoms with Crippen molar-refractivity contribution in [1.82, 2.24) is 9.80 Å². The van der Waals surface area contributed by atoms with Crippen molar-refractivity contribution < 1.29 is 53.3 Å². The van der Waals surface area contributed by atoms with Crippen LogP contribution < -0.4 is 0 Å². The molecule has 2 unspecified atom stereocenters. The van der Waals surface area contributed by atoms with Crippen LogP contribution in [-0.4, -0.2) is 128 Å². The van der Waals surface area contributed by atoms with Crippen LogP contribution in [0.25, 0.3) is 0 Å². The van der Waals surface area contributed by atoms with Gasteiger partial charge in [0.25, 0.3) is 20.2 Å². The highest BCUT2D eigenvalue weighted by molar-refractivity contribution is 8.14. The van der Waals surface area contributed by atoms with Gasteiger partial charge in [-0.2, -0.15) is 16.8 Å². The van der Waals surface area contributed by atoms with Crippen LogP contribution >= 0.6 is 11.8 Å². The zero-order chi connectivity index (χ0) is 62.0. The first-order chi connectivity index (χ1) is 33.4. The van der Waals surface area contributed by atoms with E-state index in [1.54, 1.807) is 55.4 Å². The van der Waals surface area contributed by atoms with Gasteiger partial charge in [0.1, 0.15) is 5.78 Å². The Morgan fingerprint density at radius 2 is 0.787 bits per heavy atom. The molecule has 14 nitrogen and oxygen atoms in total. The van der Waals surface area contributed by atoms with E-state index in [-0.39, 0.29) is 53.9 Å². The third kappa shape index (κ3) is 50.5. The fourth-order valence-corrected chi connectivity index (χ4v) is 9.59. The minimum Gasteiger partial charge on any atom is -0.463 e. The van der Waals surface area contributed by atoms with E-state index in [0.29, 0.717) is 62.8 Å². The molecule has 0 bridgehead atoms. The van der Waals surface area contributed by atoms with Gasteiger partial charge in [-0.3, -0.25) is 36.7 Å². The Morgan fingerprint density at radius 1 is 0.480 bits per heavy atom. The molecule has 0 N–H and O–H groups in total. The molecule has 0 aromatic carbocycles. The molecule has 456 valence electrons. The lowest BCUT2D eigenvalue weighted by Crippen LogP contribution is -2.56. The molecule has 75 heavy (non-hydrogen) atoms. The Bertz CT molecular complexity index is 1580. The predicted molar refractivity (Wildman–Crippen MR) is 325 cm³/mol.